The summed E-state index contributed by atoms with van der Waals surface area (Å²) in [5, 5.41) is 25.5. The highest BCUT2D eigenvalue weighted by Crippen LogP contribution is 2.20. The molecule has 33 heavy (non-hydrogen) atoms. The number of likely N-dealkylation sites (N-methyl/N-ethyl adjacent to an activating group) is 1. The van der Waals surface area contributed by atoms with Crippen LogP contribution in [0.15, 0.2) is 42.5 Å². The quantitative estimate of drug-likeness (QED) is 0.388. The van der Waals surface area contributed by atoms with Gasteiger partial charge in [0.2, 0.25) is 11.8 Å². The van der Waals surface area contributed by atoms with Gasteiger partial charge in [-0.2, -0.15) is 0 Å². The van der Waals surface area contributed by atoms with Crippen LogP contribution in [0.1, 0.15) is 46.6 Å². The van der Waals surface area contributed by atoms with Crippen LogP contribution in [0.25, 0.3) is 10.8 Å². The number of hydrogen-bond acceptors (Lipinski definition) is 5. The number of rotatable bonds is 11. The minimum atomic E-state index is -1.65. The first kappa shape index (κ1) is 28.6. The molecule has 0 heterocycles. The Morgan fingerprint density at radius 1 is 1.03 bits per heavy atom. The summed E-state index contributed by atoms with van der Waals surface area (Å²) in [6.45, 7) is 12.3. The van der Waals surface area contributed by atoms with Crippen LogP contribution in [-0.4, -0.2) is 66.0 Å². The van der Waals surface area contributed by atoms with Crippen molar-refractivity contribution < 1.29 is 19.6 Å². The van der Waals surface area contributed by atoms with Crippen molar-refractivity contribution >= 4 is 29.7 Å². The number of fused-ring (bicyclic) bond motifs is 1. The molecule has 0 spiro atoms. The van der Waals surface area contributed by atoms with Gasteiger partial charge < -0.3 is 20.7 Å². The van der Waals surface area contributed by atoms with Gasteiger partial charge in [0.15, 0.2) is 0 Å². The van der Waals surface area contributed by atoms with E-state index >= 15 is 0 Å². The van der Waals surface area contributed by atoms with Gasteiger partial charge in [-0.05, 0) is 41.8 Å². The maximum atomic E-state index is 12.6. The minimum absolute atomic E-state index is 0.215. The van der Waals surface area contributed by atoms with E-state index in [9.17, 15) is 9.59 Å². The summed E-state index contributed by atoms with van der Waals surface area (Å²) in [7, 11) is -1.65. The molecule has 0 aliphatic rings. The molecule has 0 aliphatic carbocycles. The fourth-order valence-corrected chi connectivity index (χ4v) is 3.32. The standard InChI is InChI=1S/C21H30BN3O4.C4H10/c1-3-12-25(4-2)14-20(26)24-19(21(27)23-15-22(28)29)13-17-10-7-9-16-8-5-6-11-18(16)17;1-4(2)3/h5-11,19,28-29H,3-4,12-15H2,1-2H3,(H,23,27)(H,24,26);4H,1-3H3. The second-order valence-corrected chi connectivity index (χ2v) is 8.79. The van der Waals surface area contributed by atoms with Crippen molar-refractivity contribution in [2.75, 3.05) is 26.1 Å². The predicted molar refractivity (Wildman–Crippen MR) is 136 cm³/mol. The molecule has 0 saturated heterocycles. The molecule has 0 radical (unpaired) electrons. The molecular formula is C25H40BN3O4. The van der Waals surface area contributed by atoms with Gasteiger partial charge >= 0.3 is 7.12 Å². The molecular weight excluding hydrogens is 417 g/mol. The van der Waals surface area contributed by atoms with Gasteiger partial charge in [0.1, 0.15) is 6.04 Å². The van der Waals surface area contributed by atoms with E-state index in [-0.39, 0.29) is 18.9 Å². The molecule has 2 rings (SSSR count). The zero-order valence-corrected chi connectivity index (χ0v) is 20.7. The highest BCUT2D eigenvalue weighted by atomic mass is 16.4. The topological polar surface area (TPSA) is 102 Å². The van der Waals surface area contributed by atoms with E-state index in [2.05, 4.69) is 38.3 Å². The Labute approximate surface area is 198 Å². The third-order valence-corrected chi connectivity index (χ3v) is 4.77. The van der Waals surface area contributed by atoms with E-state index in [0.717, 1.165) is 41.8 Å². The molecule has 4 N–H and O–H groups in total. The average Bonchev–Trinajstić information content (AvgIpc) is 2.76. The van der Waals surface area contributed by atoms with Gasteiger partial charge in [-0.1, -0.05) is 77.1 Å². The Morgan fingerprint density at radius 3 is 2.27 bits per heavy atom. The summed E-state index contributed by atoms with van der Waals surface area (Å²) < 4.78 is 0. The fourth-order valence-electron chi connectivity index (χ4n) is 3.32. The minimum Gasteiger partial charge on any atom is -0.426 e. The number of nitrogens with zero attached hydrogens (tertiary/aromatic N) is 1. The van der Waals surface area contributed by atoms with Gasteiger partial charge in [0.25, 0.3) is 0 Å². The van der Waals surface area contributed by atoms with Gasteiger partial charge in [0, 0.05) is 6.42 Å². The van der Waals surface area contributed by atoms with E-state index in [0.29, 0.717) is 6.42 Å². The smallest absolute Gasteiger partial charge is 0.426 e. The van der Waals surface area contributed by atoms with Crippen molar-refractivity contribution in [2.45, 2.75) is 53.5 Å². The Kier molecular flexibility index (Phi) is 13.4. The van der Waals surface area contributed by atoms with E-state index in [1.807, 2.05) is 54.3 Å². The first-order chi connectivity index (χ1) is 15.7. The van der Waals surface area contributed by atoms with Crippen molar-refractivity contribution in [3.63, 3.8) is 0 Å². The molecule has 0 aliphatic heterocycles. The zero-order chi connectivity index (χ0) is 24.8. The van der Waals surface area contributed by atoms with Crippen LogP contribution >= 0.6 is 0 Å². The van der Waals surface area contributed by atoms with Crippen LogP contribution < -0.4 is 10.6 Å². The van der Waals surface area contributed by atoms with Crippen molar-refractivity contribution in [2.24, 2.45) is 5.92 Å². The fraction of sp³-hybridized carbons (Fsp3) is 0.520. The maximum absolute atomic E-state index is 12.6. The van der Waals surface area contributed by atoms with Gasteiger partial charge in [-0.25, -0.2) is 0 Å². The summed E-state index contributed by atoms with van der Waals surface area (Å²) in [6, 6.07) is 12.9. The highest BCUT2D eigenvalue weighted by molar-refractivity contribution is 6.41. The summed E-state index contributed by atoms with van der Waals surface area (Å²) >= 11 is 0. The van der Waals surface area contributed by atoms with Gasteiger partial charge in [-0.3, -0.25) is 14.5 Å². The number of benzene rings is 2. The monoisotopic (exact) mass is 457 g/mol. The van der Waals surface area contributed by atoms with Crippen LogP contribution in [0.2, 0.25) is 0 Å². The van der Waals surface area contributed by atoms with Crippen LogP contribution in [0.5, 0.6) is 0 Å². The summed E-state index contributed by atoms with van der Waals surface area (Å²) in [4.78, 5) is 27.2. The Balaban J connectivity index is 0.00000125. The molecule has 182 valence electrons. The summed E-state index contributed by atoms with van der Waals surface area (Å²) in [5.41, 5.74) is 0.939. The average molecular weight is 457 g/mol. The van der Waals surface area contributed by atoms with Crippen LogP contribution in [0.3, 0.4) is 0 Å². The SMILES string of the molecule is CC(C)C.CCCN(CC)CC(=O)NC(Cc1cccc2ccccc12)C(=O)NCB(O)O. The largest absolute Gasteiger partial charge is 0.472 e. The number of nitrogens with one attached hydrogen (secondary N) is 2. The van der Waals surface area contributed by atoms with Gasteiger partial charge in [-0.15, -0.1) is 0 Å². The Bertz CT molecular complexity index is 852. The Morgan fingerprint density at radius 2 is 1.67 bits per heavy atom. The first-order valence-electron chi connectivity index (χ1n) is 11.8. The third kappa shape index (κ3) is 11.3. The lowest BCUT2D eigenvalue weighted by Gasteiger charge is -2.23. The zero-order valence-electron chi connectivity index (χ0n) is 20.7. The summed E-state index contributed by atoms with van der Waals surface area (Å²) in [6.07, 6.45) is 0.952. The molecule has 1 unspecified atom stereocenters. The third-order valence-electron chi connectivity index (χ3n) is 4.77. The molecule has 8 heteroatoms. The number of carbonyl (C=O) groups excluding carboxylic acids is 2. The van der Waals surface area contributed by atoms with Gasteiger partial charge in [0.05, 0.1) is 13.0 Å². The molecule has 0 saturated carbocycles. The van der Waals surface area contributed by atoms with E-state index in [1.165, 1.54) is 0 Å². The second-order valence-electron chi connectivity index (χ2n) is 8.79. The number of hydrogen-bond donors (Lipinski definition) is 4. The predicted octanol–water partition coefficient (Wildman–Crippen LogP) is 2.39. The first-order valence-corrected chi connectivity index (χ1v) is 11.8. The second kappa shape index (κ2) is 15.4. The molecule has 0 aromatic heterocycles. The number of amides is 2. The van der Waals surface area contributed by atoms with E-state index < -0.39 is 19.1 Å². The lowest BCUT2D eigenvalue weighted by molar-refractivity contribution is -0.129. The molecule has 0 bridgehead atoms. The normalized spacial score (nSPS) is 11.7. The molecule has 0 fully saturated rings. The molecule has 7 nitrogen and oxygen atoms in total. The van der Waals surface area contributed by atoms with Crippen molar-refractivity contribution in [3.05, 3.63) is 48.0 Å². The molecule has 2 aromatic carbocycles. The van der Waals surface area contributed by atoms with Crippen LogP contribution in [0, 0.1) is 5.92 Å². The van der Waals surface area contributed by atoms with E-state index in [4.69, 9.17) is 10.0 Å². The summed E-state index contributed by atoms with van der Waals surface area (Å²) in [5.74, 6) is 0.156. The van der Waals surface area contributed by atoms with Crippen molar-refractivity contribution in [1.29, 1.82) is 0 Å². The lowest BCUT2D eigenvalue weighted by Crippen LogP contribution is -2.52. The van der Waals surface area contributed by atoms with Crippen molar-refractivity contribution in [3.8, 4) is 0 Å². The van der Waals surface area contributed by atoms with Crippen LogP contribution in [-0.2, 0) is 16.0 Å². The molecule has 2 aromatic rings. The maximum Gasteiger partial charge on any atom is 0.472 e. The molecule has 1 atom stereocenters. The van der Waals surface area contributed by atoms with E-state index in [1.54, 1.807) is 0 Å². The van der Waals surface area contributed by atoms with Crippen molar-refractivity contribution in [1.82, 2.24) is 15.5 Å². The highest BCUT2D eigenvalue weighted by Gasteiger charge is 2.24. The lowest BCUT2D eigenvalue weighted by atomic mass is 9.92. The Hall–Kier alpha value is -2.42. The number of carbonyl (C=O) groups is 2. The van der Waals surface area contributed by atoms with Crippen LogP contribution in [0.4, 0.5) is 0 Å². The molecule has 2 amide bonds.